The molecule has 2 atom stereocenters. The fourth-order valence-electron chi connectivity index (χ4n) is 6.20. The molecule has 0 aromatic heterocycles. The second-order valence-corrected chi connectivity index (χ2v) is 10.6. The van der Waals surface area contributed by atoms with E-state index in [2.05, 4.69) is 60.8 Å². The summed E-state index contributed by atoms with van der Waals surface area (Å²) in [6, 6.07) is 26.8. The van der Waals surface area contributed by atoms with E-state index in [0.29, 0.717) is 6.42 Å². The zero-order chi connectivity index (χ0) is 26.3. The number of Topliss-reactive ketones (excluding diaryl/α,β-unsaturated/α-hetero) is 1. The molecule has 0 saturated heterocycles. The van der Waals surface area contributed by atoms with E-state index in [4.69, 9.17) is 14.2 Å². The fraction of sp³-hybridized carbons (Fsp3) is 0.265. The summed E-state index contributed by atoms with van der Waals surface area (Å²) in [6.07, 6.45) is 3.44. The van der Waals surface area contributed by atoms with Crippen LogP contribution in [0.2, 0.25) is 0 Å². The first-order chi connectivity index (χ1) is 19.2. The van der Waals surface area contributed by atoms with Crippen LogP contribution in [0.25, 0.3) is 16.3 Å². The second kappa shape index (κ2) is 9.81. The van der Waals surface area contributed by atoms with E-state index < -0.39 is 0 Å². The van der Waals surface area contributed by atoms with Crippen LogP contribution in [-0.4, -0.2) is 19.2 Å². The molecule has 0 radical (unpaired) electrons. The van der Waals surface area contributed by atoms with E-state index in [1.165, 1.54) is 16.3 Å². The van der Waals surface area contributed by atoms with Crippen LogP contribution >= 0.6 is 0 Å². The Morgan fingerprint density at radius 3 is 2.59 bits per heavy atom. The van der Waals surface area contributed by atoms with Gasteiger partial charge in [-0.05, 0) is 76.6 Å². The molecule has 2 aliphatic heterocycles. The molecule has 0 bridgehead atoms. The summed E-state index contributed by atoms with van der Waals surface area (Å²) in [5.74, 6) is 2.66. The Bertz CT molecular complexity index is 1600. The number of hydrogen-bond acceptors (Lipinski definition) is 5. The molecule has 5 nitrogen and oxygen atoms in total. The molecule has 39 heavy (non-hydrogen) atoms. The van der Waals surface area contributed by atoms with Gasteiger partial charge in [0.2, 0.25) is 6.79 Å². The first-order valence-electron chi connectivity index (χ1n) is 13.9. The van der Waals surface area contributed by atoms with Crippen LogP contribution in [-0.2, 0) is 4.79 Å². The number of allylic oxidation sites excluding steroid dienone is 1. The summed E-state index contributed by atoms with van der Waals surface area (Å²) in [7, 11) is 0. The number of rotatable bonds is 6. The Morgan fingerprint density at radius 1 is 0.897 bits per heavy atom. The van der Waals surface area contributed by atoms with Crippen molar-refractivity contribution in [1.29, 1.82) is 0 Å². The third-order valence-corrected chi connectivity index (χ3v) is 8.18. The molecule has 0 amide bonds. The van der Waals surface area contributed by atoms with Crippen LogP contribution in [0, 0.1) is 0 Å². The number of carbonyl (C=O) groups excluding carboxylic acids is 1. The van der Waals surface area contributed by atoms with Gasteiger partial charge in [-0.3, -0.25) is 4.79 Å². The molecule has 4 aromatic carbocycles. The lowest BCUT2D eigenvalue weighted by atomic mass is 9.71. The molecular formula is C34H31NO4. The van der Waals surface area contributed by atoms with E-state index in [0.717, 1.165) is 71.1 Å². The molecule has 5 heteroatoms. The number of benzene rings is 4. The SMILES string of the molecule is CCCCOc1ccc([C@@H]2CC(=O)C3=C(C2)c2c(ccc4ccccc24)N[C@H]3c2ccc3c(c2)OCO3)cc1. The van der Waals surface area contributed by atoms with Crippen LogP contribution in [0.1, 0.15) is 61.3 Å². The van der Waals surface area contributed by atoms with Crippen molar-refractivity contribution in [1.82, 2.24) is 0 Å². The lowest BCUT2D eigenvalue weighted by Crippen LogP contribution is -2.29. The Kier molecular flexibility index (Phi) is 5.99. The molecule has 7 rings (SSSR count). The normalized spacial score (nSPS) is 19.5. The average Bonchev–Trinajstić information content (AvgIpc) is 3.45. The molecule has 1 N–H and O–H groups in total. The van der Waals surface area contributed by atoms with E-state index >= 15 is 0 Å². The average molecular weight is 518 g/mol. The summed E-state index contributed by atoms with van der Waals surface area (Å²) in [5.41, 5.74) is 6.41. The van der Waals surface area contributed by atoms with Crippen LogP contribution in [0.4, 0.5) is 5.69 Å². The van der Waals surface area contributed by atoms with Crippen molar-refractivity contribution >= 4 is 27.8 Å². The molecular weight excluding hydrogens is 486 g/mol. The molecule has 0 spiro atoms. The highest BCUT2D eigenvalue weighted by Gasteiger charge is 2.39. The van der Waals surface area contributed by atoms with Gasteiger partial charge in [0.05, 0.1) is 12.6 Å². The summed E-state index contributed by atoms with van der Waals surface area (Å²) in [4.78, 5) is 14.0. The predicted octanol–water partition coefficient (Wildman–Crippen LogP) is 7.81. The molecule has 4 aromatic rings. The maximum absolute atomic E-state index is 14.0. The number of nitrogens with one attached hydrogen (secondary N) is 1. The van der Waals surface area contributed by atoms with Crippen molar-refractivity contribution in [3.8, 4) is 17.2 Å². The minimum atomic E-state index is -0.244. The first-order valence-corrected chi connectivity index (χ1v) is 13.9. The third-order valence-electron chi connectivity index (χ3n) is 8.18. The predicted molar refractivity (Wildman–Crippen MR) is 154 cm³/mol. The van der Waals surface area contributed by atoms with Crippen molar-refractivity contribution < 1.29 is 19.0 Å². The van der Waals surface area contributed by atoms with E-state index in [1.54, 1.807) is 0 Å². The maximum atomic E-state index is 14.0. The van der Waals surface area contributed by atoms with Crippen molar-refractivity contribution in [2.24, 2.45) is 0 Å². The first kappa shape index (κ1) is 23.8. The van der Waals surface area contributed by atoms with Gasteiger partial charge >= 0.3 is 0 Å². The number of anilines is 1. The fourth-order valence-corrected chi connectivity index (χ4v) is 6.20. The van der Waals surface area contributed by atoms with Gasteiger partial charge in [-0.25, -0.2) is 0 Å². The molecule has 196 valence electrons. The highest BCUT2D eigenvalue weighted by molar-refractivity contribution is 6.13. The van der Waals surface area contributed by atoms with Crippen molar-refractivity contribution in [3.63, 3.8) is 0 Å². The van der Waals surface area contributed by atoms with E-state index in [-0.39, 0.29) is 24.5 Å². The van der Waals surface area contributed by atoms with Crippen LogP contribution in [0.5, 0.6) is 17.2 Å². The third kappa shape index (κ3) is 4.22. The Hall–Kier alpha value is -4.25. The van der Waals surface area contributed by atoms with Gasteiger partial charge in [0.1, 0.15) is 5.75 Å². The Labute approximate surface area is 228 Å². The van der Waals surface area contributed by atoms with Crippen LogP contribution in [0.15, 0.2) is 84.4 Å². The van der Waals surface area contributed by atoms with Gasteiger partial charge in [-0.1, -0.05) is 61.9 Å². The monoisotopic (exact) mass is 517 g/mol. The highest BCUT2D eigenvalue weighted by Crippen LogP contribution is 2.51. The summed E-state index contributed by atoms with van der Waals surface area (Å²) in [5, 5.41) is 6.07. The topological polar surface area (TPSA) is 56.8 Å². The number of carbonyl (C=O) groups is 1. The van der Waals surface area contributed by atoms with Crippen LogP contribution < -0.4 is 19.5 Å². The number of ether oxygens (including phenoxy) is 3. The highest BCUT2D eigenvalue weighted by atomic mass is 16.7. The zero-order valence-corrected chi connectivity index (χ0v) is 22.0. The van der Waals surface area contributed by atoms with Gasteiger partial charge < -0.3 is 19.5 Å². The van der Waals surface area contributed by atoms with Crippen molar-refractivity contribution in [2.45, 2.75) is 44.6 Å². The lowest BCUT2D eigenvalue weighted by Gasteiger charge is -2.37. The zero-order valence-electron chi connectivity index (χ0n) is 22.0. The standard InChI is InChI=1S/C34H31NO4/c1-2-3-16-37-25-12-8-21(9-13-25)24-17-27-32-26-7-5-4-6-22(26)10-14-28(32)35-34(33(27)29(36)18-24)23-11-15-30-31(19-23)39-20-38-30/h4-15,19,24,34-35H,2-3,16-18,20H2,1H3/t24-,34-/m0/s1. The quantitative estimate of drug-likeness (QED) is 0.264. The molecule has 0 fully saturated rings. The number of hydrogen-bond donors (Lipinski definition) is 1. The number of fused-ring (bicyclic) bond motifs is 5. The van der Waals surface area contributed by atoms with Gasteiger partial charge in [0, 0.05) is 23.2 Å². The summed E-state index contributed by atoms with van der Waals surface area (Å²) < 4.78 is 17.1. The molecule has 1 aliphatic carbocycles. The number of unbranched alkanes of at least 4 members (excludes halogenated alkanes) is 1. The van der Waals surface area contributed by atoms with Crippen molar-refractivity contribution in [2.75, 3.05) is 18.7 Å². The molecule has 2 heterocycles. The van der Waals surface area contributed by atoms with Gasteiger partial charge in [-0.2, -0.15) is 0 Å². The second-order valence-electron chi connectivity index (χ2n) is 10.6. The largest absolute Gasteiger partial charge is 0.494 e. The minimum Gasteiger partial charge on any atom is -0.494 e. The minimum absolute atomic E-state index is 0.114. The molecule has 0 unspecified atom stereocenters. The Morgan fingerprint density at radius 2 is 1.72 bits per heavy atom. The van der Waals surface area contributed by atoms with E-state index in [1.807, 2.05) is 30.3 Å². The maximum Gasteiger partial charge on any atom is 0.231 e. The van der Waals surface area contributed by atoms with Gasteiger partial charge in [0.25, 0.3) is 0 Å². The lowest BCUT2D eigenvalue weighted by molar-refractivity contribution is -0.116. The van der Waals surface area contributed by atoms with Crippen LogP contribution in [0.3, 0.4) is 0 Å². The number of ketones is 1. The van der Waals surface area contributed by atoms with E-state index in [9.17, 15) is 4.79 Å². The van der Waals surface area contributed by atoms with Crippen molar-refractivity contribution in [3.05, 3.63) is 101 Å². The molecule has 3 aliphatic rings. The smallest absolute Gasteiger partial charge is 0.231 e. The van der Waals surface area contributed by atoms with Gasteiger partial charge in [-0.15, -0.1) is 0 Å². The van der Waals surface area contributed by atoms with Gasteiger partial charge in [0.15, 0.2) is 17.3 Å². The summed E-state index contributed by atoms with van der Waals surface area (Å²) in [6.45, 7) is 3.11. The Balaban J connectivity index is 1.31. The summed E-state index contributed by atoms with van der Waals surface area (Å²) >= 11 is 0. The molecule has 0 saturated carbocycles.